The second-order valence-electron chi connectivity index (χ2n) is 6.58. The number of nitrogen functional groups attached to an aromatic ring is 1. The van der Waals surface area contributed by atoms with E-state index in [9.17, 15) is 9.18 Å². The highest BCUT2D eigenvalue weighted by atomic mass is 32.2. The lowest BCUT2D eigenvalue weighted by molar-refractivity contribution is -0.116. The van der Waals surface area contributed by atoms with Gasteiger partial charge in [0.2, 0.25) is 11.1 Å². The molecular formula is C22H20FN5OS. The summed E-state index contributed by atoms with van der Waals surface area (Å²) in [4.78, 5) is 14.7. The predicted octanol–water partition coefficient (Wildman–Crippen LogP) is 4.10. The third-order valence-corrected chi connectivity index (χ3v) is 5.71. The van der Waals surface area contributed by atoms with Crippen LogP contribution >= 0.6 is 11.8 Å². The number of fused-ring (bicyclic) bond motifs is 1. The number of benzene rings is 3. The monoisotopic (exact) mass is 421 g/mol. The molecule has 0 aliphatic heterocycles. The Hall–Kier alpha value is -3.39. The number of aromatic nitrogens is 3. The van der Waals surface area contributed by atoms with Crippen LogP contribution in [-0.2, 0) is 4.79 Å². The van der Waals surface area contributed by atoms with E-state index in [2.05, 4.69) is 10.2 Å². The van der Waals surface area contributed by atoms with Crippen molar-refractivity contribution in [2.45, 2.75) is 12.1 Å². The van der Waals surface area contributed by atoms with Crippen LogP contribution in [0.15, 0.2) is 71.9 Å². The first-order valence-electron chi connectivity index (χ1n) is 9.46. The molecule has 0 spiro atoms. The van der Waals surface area contributed by atoms with E-state index in [0.717, 1.165) is 16.5 Å². The summed E-state index contributed by atoms with van der Waals surface area (Å²) in [6, 6.07) is 20.1. The number of hydrogen-bond acceptors (Lipinski definition) is 5. The van der Waals surface area contributed by atoms with Gasteiger partial charge in [-0.3, -0.25) is 4.79 Å². The minimum absolute atomic E-state index is 0.0747. The topological polar surface area (TPSA) is 77.0 Å². The zero-order valence-electron chi connectivity index (χ0n) is 16.3. The van der Waals surface area contributed by atoms with Gasteiger partial charge in [0.25, 0.3) is 0 Å². The molecule has 4 rings (SSSR count). The van der Waals surface area contributed by atoms with E-state index < -0.39 is 5.82 Å². The SMILES string of the molecule is CCN(C(=O)CSc1nnc(-c2ccccc2F)n1N)c1cccc2ccccc12. The van der Waals surface area contributed by atoms with E-state index in [0.29, 0.717) is 11.7 Å². The maximum atomic E-state index is 14.0. The van der Waals surface area contributed by atoms with Crippen LogP contribution in [0.25, 0.3) is 22.2 Å². The molecule has 1 heterocycles. The van der Waals surface area contributed by atoms with Gasteiger partial charge >= 0.3 is 0 Å². The van der Waals surface area contributed by atoms with Crippen LogP contribution in [-0.4, -0.2) is 33.1 Å². The van der Waals surface area contributed by atoms with Crippen molar-refractivity contribution in [2.75, 3.05) is 23.0 Å². The van der Waals surface area contributed by atoms with E-state index in [1.165, 1.54) is 22.5 Å². The van der Waals surface area contributed by atoms with Crippen LogP contribution in [0.5, 0.6) is 0 Å². The highest BCUT2D eigenvalue weighted by molar-refractivity contribution is 7.99. The summed E-state index contributed by atoms with van der Waals surface area (Å²) in [5, 5.41) is 10.5. The Bertz CT molecular complexity index is 1200. The molecule has 0 aliphatic rings. The van der Waals surface area contributed by atoms with Gasteiger partial charge in [-0.1, -0.05) is 60.3 Å². The van der Waals surface area contributed by atoms with E-state index in [4.69, 9.17) is 5.84 Å². The molecule has 4 aromatic rings. The summed E-state index contributed by atoms with van der Waals surface area (Å²) in [6.07, 6.45) is 0. The molecule has 0 atom stereocenters. The lowest BCUT2D eigenvalue weighted by Gasteiger charge is -2.22. The molecule has 6 nitrogen and oxygen atoms in total. The predicted molar refractivity (Wildman–Crippen MR) is 118 cm³/mol. The second kappa shape index (κ2) is 8.54. The van der Waals surface area contributed by atoms with Crippen LogP contribution in [0.3, 0.4) is 0 Å². The summed E-state index contributed by atoms with van der Waals surface area (Å²) >= 11 is 1.17. The van der Waals surface area contributed by atoms with Crippen molar-refractivity contribution < 1.29 is 9.18 Å². The van der Waals surface area contributed by atoms with Crippen molar-refractivity contribution in [2.24, 2.45) is 0 Å². The number of nitrogens with zero attached hydrogens (tertiary/aromatic N) is 4. The minimum atomic E-state index is -0.433. The molecule has 30 heavy (non-hydrogen) atoms. The maximum absolute atomic E-state index is 14.0. The fraction of sp³-hybridized carbons (Fsp3) is 0.136. The van der Waals surface area contributed by atoms with Gasteiger partial charge in [0, 0.05) is 11.9 Å². The largest absolute Gasteiger partial charge is 0.335 e. The Morgan fingerprint density at radius 2 is 1.80 bits per heavy atom. The van der Waals surface area contributed by atoms with Crippen molar-refractivity contribution in [1.29, 1.82) is 0 Å². The van der Waals surface area contributed by atoms with Crippen LogP contribution in [0.4, 0.5) is 10.1 Å². The summed E-state index contributed by atoms with van der Waals surface area (Å²) in [7, 11) is 0. The van der Waals surface area contributed by atoms with Crippen molar-refractivity contribution in [3.05, 3.63) is 72.5 Å². The summed E-state index contributed by atoms with van der Waals surface area (Å²) in [6.45, 7) is 2.47. The third-order valence-electron chi connectivity index (χ3n) is 4.78. The number of anilines is 1. The summed E-state index contributed by atoms with van der Waals surface area (Å²) in [5.41, 5.74) is 1.12. The molecule has 2 N–H and O–H groups in total. The van der Waals surface area contributed by atoms with Crippen LogP contribution in [0.1, 0.15) is 6.92 Å². The molecule has 152 valence electrons. The van der Waals surface area contributed by atoms with Crippen molar-refractivity contribution in [3.63, 3.8) is 0 Å². The number of amides is 1. The average molecular weight is 422 g/mol. The molecule has 0 aliphatic carbocycles. The molecule has 0 unspecified atom stereocenters. The molecule has 1 aromatic heterocycles. The number of carbonyl (C=O) groups is 1. The molecule has 0 fully saturated rings. The first kappa shape index (κ1) is 19.9. The van der Waals surface area contributed by atoms with Crippen LogP contribution in [0, 0.1) is 5.82 Å². The van der Waals surface area contributed by atoms with Gasteiger partial charge in [0.05, 0.1) is 17.0 Å². The Kier molecular flexibility index (Phi) is 5.67. The van der Waals surface area contributed by atoms with Gasteiger partial charge < -0.3 is 10.7 Å². The average Bonchev–Trinajstić information content (AvgIpc) is 3.13. The first-order chi connectivity index (χ1) is 14.6. The molecule has 8 heteroatoms. The smallest absolute Gasteiger partial charge is 0.237 e. The Labute approximate surface area is 177 Å². The van der Waals surface area contributed by atoms with E-state index in [1.807, 2.05) is 49.4 Å². The molecule has 1 amide bonds. The maximum Gasteiger partial charge on any atom is 0.237 e. The highest BCUT2D eigenvalue weighted by Crippen LogP contribution is 2.28. The van der Waals surface area contributed by atoms with Gasteiger partial charge in [0.1, 0.15) is 5.82 Å². The van der Waals surface area contributed by atoms with Gasteiger partial charge in [-0.25, -0.2) is 9.07 Å². The first-order valence-corrected chi connectivity index (χ1v) is 10.4. The second-order valence-corrected chi connectivity index (χ2v) is 7.52. The van der Waals surface area contributed by atoms with Gasteiger partial charge in [-0.05, 0) is 30.5 Å². The lowest BCUT2D eigenvalue weighted by atomic mass is 10.1. The number of hydrogen-bond donors (Lipinski definition) is 1. The molecule has 0 radical (unpaired) electrons. The van der Waals surface area contributed by atoms with E-state index in [1.54, 1.807) is 23.1 Å². The number of halogens is 1. The Balaban J connectivity index is 1.54. The Morgan fingerprint density at radius 3 is 2.60 bits per heavy atom. The van der Waals surface area contributed by atoms with Crippen molar-refractivity contribution in [1.82, 2.24) is 14.9 Å². The standard InChI is InChI=1S/C22H20FN5OS/c1-2-27(19-13-7-9-15-8-3-4-10-16(15)19)20(29)14-30-22-26-25-21(28(22)24)17-11-5-6-12-18(17)23/h3-13H,2,14,24H2,1H3. The van der Waals surface area contributed by atoms with Crippen LogP contribution < -0.4 is 10.7 Å². The molecular weight excluding hydrogens is 401 g/mol. The normalized spacial score (nSPS) is 11.0. The van der Waals surface area contributed by atoms with Crippen molar-refractivity contribution >= 4 is 34.1 Å². The van der Waals surface area contributed by atoms with Crippen molar-refractivity contribution in [3.8, 4) is 11.4 Å². The van der Waals surface area contributed by atoms with E-state index >= 15 is 0 Å². The summed E-state index contributed by atoms with van der Waals surface area (Å²) < 4.78 is 15.3. The zero-order valence-corrected chi connectivity index (χ0v) is 17.1. The number of carbonyl (C=O) groups excluding carboxylic acids is 1. The molecule has 0 saturated carbocycles. The minimum Gasteiger partial charge on any atom is -0.335 e. The lowest BCUT2D eigenvalue weighted by Crippen LogP contribution is -2.32. The van der Waals surface area contributed by atoms with E-state index in [-0.39, 0.29) is 23.0 Å². The fourth-order valence-corrected chi connectivity index (χ4v) is 4.06. The summed E-state index contributed by atoms with van der Waals surface area (Å²) in [5.74, 6) is 5.90. The highest BCUT2D eigenvalue weighted by Gasteiger charge is 2.20. The van der Waals surface area contributed by atoms with Crippen LogP contribution in [0.2, 0.25) is 0 Å². The van der Waals surface area contributed by atoms with Gasteiger partial charge in [-0.2, -0.15) is 0 Å². The molecule has 0 saturated heterocycles. The number of nitrogens with two attached hydrogens (primary N) is 1. The van der Waals surface area contributed by atoms with Gasteiger partial charge in [0.15, 0.2) is 5.82 Å². The number of rotatable bonds is 6. The molecule has 0 bridgehead atoms. The fourth-order valence-electron chi connectivity index (χ4n) is 3.33. The third kappa shape index (κ3) is 3.73. The number of thioether (sulfide) groups is 1. The Morgan fingerprint density at radius 1 is 1.07 bits per heavy atom. The zero-order chi connectivity index (χ0) is 21.1. The molecule has 3 aromatic carbocycles. The quantitative estimate of drug-likeness (QED) is 0.375. The van der Waals surface area contributed by atoms with Gasteiger partial charge in [-0.15, -0.1) is 10.2 Å².